The van der Waals surface area contributed by atoms with E-state index in [1.807, 2.05) is 6.92 Å². The molecule has 18 heavy (non-hydrogen) atoms. The molecule has 0 spiro atoms. The lowest BCUT2D eigenvalue weighted by Gasteiger charge is -2.05. The highest BCUT2D eigenvalue weighted by molar-refractivity contribution is 5.94. The van der Waals surface area contributed by atoms with Gasteiger partial charge < -0.3 is 10.4 Å². The first kappa shape index (κ1) is 14.2. The predicted molar refractivity (Wildman–Crippen MR) is 67.6 cm³/mol. The Balaban J connectivity index is 2.83. The number of aliphatic hydroxyl groups is 1. The summed E-state index contributed by atoms with van der Waals surface area (Å²) in [5.41, 5.74) is 0.488. The first-order chi connectivity index (χ1) is 8.69. The molecule has 0 saturated heterocycles. The molecule has 2 N–H and O–H groups in total. The minimum Gasteiger partial charge on any atom is -0.384 e. The molecule has 96 valence electrons. The first-order valence-electron chi connectivity index (χ1n) is 5.86. The molecule has 1 rings (SSSR count). The van der Waals surface area contributed by atoms with Crippen molar-refractivity contribution in [1.82, 2.24) is 5.32 Å². The van der Waals surface area contributed by atoms with E-state index >= 15 is 0 Å². The van der Waals surface area contributed by atoms with Gasteiger partial charge in [-0.25, -0.2) is 4.39 Å². The molecule has 0 fully saturated rings. The molecule has 1 aromatic carbocycles. The molecule has 0 heterocycles. The highest BCUT2D eigenvalue weighted by Crippen LogP contribution is 2.10. The molecule has 1 aromatic rings. The minimum absolute atomic E-state index is 0.0177. The quantitative estimate of drug-likeness (QED) is 0.630. The Morgan fingerprint density at radius 2 is 2.28 bits per heavy atom. The Morgan fingerprint density at radius 1 is 1.50 bits per heavy atom. The van der Waals surface area contributed by atoms with Crippen molar-refractivity contribution in [3.8, 4) is 11.8 Å². The van der Waals surface area contributed by atoms with Crippen LogP contribution in [0.1, 0.15) is 35.7 Å². The van der Waals surface area contributed by atoms with E-state index in [1.165, 1.54) is 18.2 Å². The Bertz CT molecular complexity index is 474. The summed E-state index contributed by atoms with van der Waals surface area (Å²) in [4.78, 5) is 11.7. The van der Waals surface area contributed by atoms with Gasteiger partial charge in [-0.3, -0.25) is 4.79 Å². The van der Waals surface area contributed by atoms with Crippen molar-refractivity contribution in [2.45, 2.75) is 19.8 Å². The van der Waals surface area contributed by atoms with Crippen LogP contribution in [0.25, 0.3) is 0 Å². The van der Waals surface area contributed by atoms with Crippen molar-refractivity contribution >= 4 is 5.91 Å². The maximum Gasteiger partial charge on any atom is 0.254 e. The number of aliphatic hydroxyl groups excluding tert-OH is 1. The van der Waals surface area contributed by atoms with Gasteiger partial charge in [0.25, 0.3) is 5.91 Å². The summed E-state index contributed by atoms with van der Waals surface area (Å²) in [6.45, 7) is 2.27. The van der Waals surface area contributed by atoms with Crippen molar-refractivity contribution in [3.05, 3.63) is 35.1 Å². The number of nitrogens with one attached hydrogen (secondary N) is 1. The molecule has 0 radical (unpaired) electrons. The number of hydrogen-bond donors (Lipinski definition) is 2. The number of benzene rings is 1. The van der Waals surface area contributed by atoms with Gasteiger partial charge in [0.2, 0.25) is 0 Å². The van der Waals surface area contributed by atoms with Crippen LogP contribution in [-0.4, -0.2) is 24.2 Å². The lowest BCUT2D eigenvalue weighted by atomic mass is 10.1. The van der Waals surface area contributed by atoms with Gasteiger partial charge in [-0.05, 0) is 24.6 Å². The molecular weight excluding hydrogens is 233 g/mol. The van der Waals surface area contributed by atoms with Crippen LogP contribution in [0.4, 0.5) is 4.39 Å². The Labute approximate surface area is 106 Å². The normalized spacial score (nSPS) is 9.50. The van der Waals surface area contributed by atoms with Gasteiger partial charge >= 0.3 is 0 Å². The first-order valence-corrected chi connectivity index (χ1v) is 5.86. The van der Waals surface area contributed by atoms with E-state index in [1.54, 1.807) is 0 Å². The van der Waals surface area contributed by atoms with Gasteiger partial charge in [0, 0.05) is 12.1 Å². The second kappa shape index (κ2) is 7.46. The second-order valence-electron chi connectivity index (χ2n) is 3.76. The fraction of sp³-hybridized carbons (Fsp3) is 0.357. The molecule has 0 aliphatic carbocycles. The fourth-order valence-electron chi connectivity index (χ4n) is 1.39. The molecule has 0 unspecified atom stereocenters. The number of carbonyl (C=O) groups excluding carboxylic acids is 1. The van der Waals surface area contributed by atoms with E-state index in [4.69, 9.17) is 5.11 Å². The van der Waals surface area contributed by atoms with Crippen molar-refractivity contribution in [2.24, 2.45) is 0 Å². The van der Waals surface area contributed by atoms with Gasteiger partial charge in [0.15, 0.2) is 0 Å². The summed E-state index contributed by atoms with van der Waals surface area (Å²) in [5.74, 6) is 4.08. The maximum absolute atomic E-state index is 13.5. The summed E-state index contributed by atoms with van der Waals surface area (Å²) in [7, 11) is 0. The zero-order valence-electron chi connectivity index (χ0n) is 10.3. The zero-order valence-corrected chi connectivity index (χ0v) is 10.3. The van der Waals surface area contributed by atoms with E-state index in [0.717, 1.165) is 12.8 Å². The molecule has 0 saturated carbocycles. The van der Waals surface area contributed by atoms with Crippen LogP contribution < -0.4 is 5.32 Å². The van der Waals surface area contributed by atoms with Crippen LogP contribution in [0.5, 0.6) is 0 Å². The summed E-state index contributed by atoms with van der Waals surface area (Å²) >= 11 is 0. The number of amides is 1. The topological polar surface area (TPSA) is 49.3 Å². The van der Waals surface area contributed by atoms with Crippen LogP contribution in [0.15, 0.2) is 18.2 Å². The second-order valence-corrected chi connectivity index (χ2v) is 3.76. The molecule has 1 amide bonds. The number of unbranched alkanes of at least 4 members (excludes halogenated alkanes) is 1. The van der Waals surface area contributed by atoms with E-state index in [9.17, 15) is 9.18 Å². The maximum atomic E-state index is 13.5. The van der Waals surface area contributed by atoms with Crippen LogP contribution in [0, 0.1) is 17.7 Å². The molecule has 0 aliphatic heterocycles. The van der Waals surface area contributed by atoms with Gasteiger partial charge in [0.1, 0.15) is 12.4 Å². The molecule has 0 bridgehead atoms. The van der Waals surface area contributed by atoms with Gasteiger partial charge in [0.05, 0.1) is 5.56 Å². The number of rotatable bonds is 4. The van der Waals surface area contributed by atoms with E-state index < -0.39 is 11.7 Å². The number of hydrogen-bond acceptors (Lipinski definition) is 2. The minimum atomic E-state index is -0.571. The zero-order chi connectivity index (χ0) is 13.4. The van der Waals surface area contributed by atoms with E-state index in [2.05, 4.69) is 17.2 Å². The number of halogens is 1. The molecule has 0 aromatic heterocycles. The standard InChI is InChI=1S/C14H16FNO2/c1-2-3-8-16-14(18)12-10-11(5-4-9-17)6-7-13(12)15/h6-7,10,17H,2-3,8-9H2,1H3,(H,16,18). The van der Waals surface area contributed by atoms with Crippen molar-refractivity contribution in [2.75, 3.05) is 13.2 Å². The third-order valence-electron chi connectivity index (χ3n) is 2.34. The molecular formula is C14H16FNO2. The fourth-order valence-corrected chi connectivity index (χ4v) is 1.39. The van der Waals surface area contributed by atoms with Crippen molar-refractivity contribution in [1.29, 1.82) is 0 Å². The summed E-state index contributed by atoms with van der Waals surface area (Å²) in [6.07, 6.45) is 1.82. The SMILES string of the molecule is CCCCNC(=O)c1cc(C#CCO)ccc1F. The lowest BCUT2D eigenvalue weighted by Crippen LogP contribution is -2.25. The van der Waals surface area contributed by atoms with Crippen LogP contribution in [0.3, 0.4) is 0 Å². The number of carbonyl (C=O) groups is 1. The summed E-state index contributed by atoms with van der Waals surface area (Å²) < 4.78 is 13.5. The average molecular weight is 249 g/mol. The smallest absolute Gasteiger partial charge is 0.254 e. The summed E-state index contributed by atoms with van der Waals surface area (Å²) in [6, 6.07) is 4.07. The largest absolute Gasteiger partial charge is 0.384 e. The molecule has 4 heteroatoms. The van der Waals surface area contributed by atoms with Crippen LogP contribution in [0.2, 0.25) is 0 Å². The van der Waals surface area contributed by atoms with Crippen LogP contribution in [-0.2, 0) is 0 Å². The van der Waals surface area contributed by atoms with Crippen LogP contribution >= 0.6 is 0 Å². The van der Waals surface area contributed by atoms with Crippen molar-refractivity contribution < 1.29 is 14.3 Å². The average Bonchev–Trinajstić information content (AvgIpc) is 2.38. The Hall–Kier alpha value is -1.86. The third-order valence-corrected chi connectivity index (χ3v) is 2.34. The molecule has 0 atom stereocenters. The lowest BCUT2D eigenvalue weighted by molar-refractivity contribution is 0.0949. The Kier molecular flexibility index (Phi) is 5.89. The van der Waals surface area contributed by atoms with Crippen molar-refractivity contribution in [3.63, 3.8) is 0 Å². The van der Waals surface area contributed by atoms with Gasteiger partial charge in [-0.15, -0.1) is 0 Å². The highest BCUT2D eigenvalue weighted by atomic mass is 19.1. The molecule has 3 nitrogen and oxygen atoms in total. The Morgan fingerprint density at radius 3 is 2.94 bits per heavy atom. The highest BCUT2D eigenvalue weighted by Gasteiger charge is 2.11. The van der Waals surface area contributed by atoms with Gasteiger partial charge in [-0.1, -0.05) is 25.2 Å². The van der Waals surface area contributed by atoms with E-state index in [0.29, 0.717) is 12.1 Å². The predicted octanol–water partition coefficient (Wildman–Crippen LogP) is 1.70. The third kappa shape index (κ3) is 4.19. The monoisotopic (exact) mass is 249 g/mol. The molecule has 0 aliphatic rings. The summed E-state index contributed by atoms with van der Waals surface area (Å²) in [5, 5.41) is 11.2. The van der Waals surface area contributed by atoms with E-state index in [-0.39, 0.29) is 12.2 Å². The van der Waals surface area contributed by atoms with Gasteiger partial charge in [-0.2, -0.15) is 0 Å².